The van der Waals surface area contributed by atoms with E-state index in [1.165, 1.54) is 5.56 Å². The first-order chi connectivity index (χ1) is 13.7. The van der Waals surface area contributed by atoms with Crippen LogP contribution in [0.1, 0.15) is 28.9 Å². The van der Waals surface area contributed by atoms with E-state index in [1.54, 1.807) is 13.3 Å². The Morgan fingerprint density at radius 1 is 1.14 bits per heavy atom. The number of hydrogen-bond acceptors (Lipinski definition) is 5. The maximum Gasteiger partial charge on any atom is 0.271 e. The molecule has 0 saturated carbocycles. The van der Waals surface area contributed by atoms with Gasteiger partial charge in [0.25, 0.3) is 5.91 Å². The summed E-state index contributed by atoms with van der Waals surface area (Å²) in [6, 6.07) is 15.9. The fourth-order valence-electron chi connectivity index (χ4n) is 3.59. The molecular weight excluding hydrogens is 352 g/mol. The molecule has 1 N–H and O–H groups in total. The molecule has 0 spiro atoms. The van der Waals surface area contributed by atoms with E-state index in [4.69, 9.17) is 4.74 Å². The van der Waals surface area contributed by atoms with Crippen molar-refractivity contribution in [3.8, 4) is 5.75 Å². The number of piperidine rings is 1. The van der Waals surface area contributed by atoms with E-state index >= 15 is 0 Å². The number of fused-ring (bicyclic) bond motifs is 1. The number of aromatic nitrogens is 2. The third-order valence-electron chi connectivity index (χ3n) is 5.14. The number of likely N-dealkylation sites (tertiary alicyclic amines) is 1. The lowest BCUT2D eigenvalue weighted by molar-refractivity contribution is 0.0904. The minimum atomic E-state index is -0.149. The van der Waals surface area contributed by atoms with Crippen molar-refractivity contribution in [3.05, 3.63) is 66.0 Å². The van der Waals surface area contributed by atoms with Gasteiger partial charge in [0.05, 0.1) is 24.3 Å². The summed E-state index contributed by atoms with van der Waals surface area (Å²) in [7, 11) is 1.69. The average molecular weight is 376 g/mol. The van der Waals surface area contributed by atoms with Gasteiger partial charge in [0.15, 0.2) is 0 Å². The number of rotatable bonds is 5. The molecule has 1 fully saturated rings. The van der Waals surface area contributed by atoms with Crippen molar-refractivity contribution in [3.63, 3.8) is 0 Å². The molecule has 1 aromatic heterocycles. The summed E-state index contributed by atoms with van der Waals surface area (Å²) in [5.74, 6) is 0.737. The highest BCUT2D eigenvalue weighted by Gasteiger charge is 2.22. The second kappa shape index (κ2) is 8.35. The number of nitrogens with one attached hydrogen (secondary N) is 1. The van der Waals surface area contributed by atoms with E-state index in [1.807, 2.05) is 36.4 Å². The molecule has 0 unspecified atom stereocenters. The van der Waals surface area contributed by atoms with Crippen molar-refractivity contribution in [2.45, 2.75) is 25.4 Å². The van der Waals surface area contributed by atoms with Crippen LogP contribution in [0.15, 0.2) is 54.7 Å². The second-order valence-electron chi connectivity index (χ2n) is 7.12. The molecular formula is C22H24N4O2. The predicted molar refractivity (Wildman–Crippen MR) is 108 cm³/mol. The van der Waals surface area contributed by atoms with Crippen LogP contribution in [0.3, 0.4) is 0 Å². The van der Waals surface area contributed by atoms with Crippen molar-refractivity contribution in [1.29, 1.82) is 0 Å². The molecule has 1 amide bonds. The summed E-state index contributed by atoms with van der Waals surface area (Å²) >= 11 is 0. The molecule has 6 nitrogen and oxygen atoms in total. The van der Waals surface area contributed by atoms with Crippen molar-refractivity contribution in [1.82, 2.24) is 20.2 Å². The number of benzene rings is 2. The molecule has 4 rings (SSSR count). The van der Waals surface area contributed by atoms with Gasteiger partial charge in [0, 0.05) is 25.7 Å². The van der Waals surface area contributed by atoms with Gasteiger partial charge in [-0.05, 0) is 42.7 Å². The SMILES string of the molecule is COc1cccc(CN2CCC(NC(=O)c3cnc4ccccc4n3)CC2)c1. The molecule has 2 aromatic carbocycles. The fourth-order valence-corrected chi connectivity index (χ4v) is 3.59. The van der Waals surface area contributed by atoms with Crippen LogP contribution in [-0.4, -0.2) is 47.0 Å². The van der Waals surface area contributed by atoms with E-state index < -0.39 is 0 Å². The second-order valence-corrected chi connectivity index (χ2v) is 7.12. The fraction of sp³-hybridized carbons (Fsp3) is 0.318. The van der Waals surface area contributed by atoms with E-state index in [2.05, 4.69) is 32.3 Å². The van der Waals surface area contributed by atoms with Gasteiger partial charge < -0.3 is 10.1 Å². The Morgan fingerprint density at radius 3 is 2.71 bits per heavy atom. The molecule has 144 valence electrons. The summed E-state index contributed by atoms with van der Waals surface area (Å²) in [5, 5.41) is 3.11. The van der Waals surface area contributed by atoms with E-state index in [9.17, 15) is 4.79 Å². The standard InChI is InChI=1S/C22H24N4O2/c1-28-18-6-4-5-16(13-18)15-26-11-9-17(10-12-26)24-22(27)21-14-23-19-7-2-3-8-20(19)25-21/h2-8,13-14,17H,9-12,15H2,1H3,(H,24,27). The molecule has 3 aromatic rings. The average Bonchev–Trinajstić information content (AvgIpc) is 2.75. The number of para-hydroxylation sites is 2. The molecule has 1 saturated heterocycles. The lowest BCUT2D eigenvalue weighted by Crippen LogP contribution is -2.44. The third kappa shape index (κ3) is 4.28. The minimum absolute atomic E-state index is 0.149. The molecule has 0 bridgehead atoms. The van der Waals surface area contributed by atoms with Crippen LogP contribution >= 0.6 is 0 Å². The molecule has 0 radical (unpaired) electrons. The Hall–Kier alpha value is -2.99. The Kier molecular flexibility index (Phi) is 5.48. The van der Waals surface area contributed by atoms with Gasteiger partial charge >= 0.3 is 0 Å². The predicted octanol–water partition coefficient (Wildman–Crippen LogP) is 3.03. The highest BCUT2D eigenvalue weighted by atomic mass is 16.5. The number of carbonyl (C=O) groups is 1. The van der Waals surface area contributed by atoms with E-state index in [-0.39, 0.29) is 11.9 Å². The smallest absolute Gasteiger partial charge is 0.271 e. The Morgan fingerprint density at radius 2 is 1.93 bits per heavy atom. The van der Waals surface area contributed by atoms with Crippen LogP contribution in [0, 0.1) is 0 Å². The van der Waals surface area contributed by atoms with Gasteiger partial charge in [-0.3, -0.25) is 14.7 Å². The topological polar surface area (TPSA) is 67.3 Å². The van der Waals surface area contributed by atoms with Crippen molar-refractivity contribution < 1.29 is 9.53 Å². The van der Waals surface area contributed by atoms with Crippen molar-refractivity contribution in [2.75, 3.05) is 20.2 Å². The van der Waals surface area contributed by atoms with E-state index in [0.29, 0.717) is 5.69 Å². The van der Waals surface area contributed by atoms with Crippen LogP contribution in [0.2, 0.25) is 0 Å². The Labute approximate surface area is 164 Å². The first-order valence-corrected chi connectivity index (χ1v) is 9.59. The van der Waals surface area contributed by atoms with Crippen LogP contribution in [-0.2, 0) is 6.54 Å². The number of hydrogen-bond donors (Lipinski definition) is 1. The van der Waals surface area contributed by atoms with Gasteiger partial charge in [-0.1, -0.05) is 24.3 Å². The Bertz CT molecular complexity index is 967. The molecule has 1 aliphatic rings. The van der Waals surface area contributed by atoms with Gasteiger partial charge in [-0.25, -0.2) is 4.98 Å². The highest BCUT2D eigenvalue weighted by molar-refractivity contribution is 5.93. The van der Waals surface area contributed by atoms with Crippen LogP contribution in [0.25, 0.3) is 11.0 Å². The number of methoxy groups -OCH3 is 1. The molecule has 0 aliphatic carbocycles. The third-order valence-corrected chi connectivity index (χ3v) is 5.14. The maximum atomic E-state index is 12.6. The van der Waals surface area contributed by atoms with Crippen molar-refractivity contribution >= 4 is 16.9 Å². The zero-order valence-corrected chi connectivity index (χ0v) is 16.0. The molecule has 1 aliphatic heterocycles. The van der Waals surface area contributed by atoms with E-state index in [0.717, 1.165) is 49.3 Å². The van der Waals surface area contributed by atoms with Gasteiger partial charge in [0.1, 0.15) is 11.4 Å². The highest BCUT2D eigenvalue weighted by Crippen LogP contribution is 2.18. The molecule has 6 heteroatoms. The first-order valence-electron chi connectivity index (χ1n) is 9.59. The maximum absolute atomic E-state index is 12.6. The normalized spacial score (nSPS) is 15.5. The van der Waals surface area contributed by atoms with Crippen LogP contribution < -0.4 is 10.1 Å². The first kappa shape index (κ1) is 18.4. The molecule has 0 atom stereocenters. The summed E-state index contributed by atoms with van der Waals surface area (Å²) in [6.45, 7) is 2.80. The monoisotopic (exact) mass is 376 g/mol. The van der Waals surface area contributed by atoms with Gasteiger partial charge in [-0.2, -0.15) is 0 Å². The lowest BCUT2D eigenvalue weighted by atomic mass is 10.0. The zero-order valence-electron chi connectivity index (χ0n) is 16.0. The molecule has 2 heterocycles. The number of carbonyl (C=O) groups excluding carboxylic acids is 1. The van der Waals surface area contributed by atoms with Crippen LogP contribution in [0.5, 0.6) is 5.75 Å². The molecule has 28 heavy (non-hydrogen) atoms. The minimum Gasteiger partial charge on any atom is -0.497 e. The summed E-state index contributed by atoms with van der Waals surface area (Å²) in [5.41, 5.74) is 3.15. The number of ether oxygens (including phenoxy) is 1. The zero-order chi connectivity index (χ0) is 19.3. The quantitative estimate of drug-likeness (QED) is 0.741. The summed E-state index contributed by atoms with van der Waals surface area (Å²) < 4.78 is 5.30. The largest absolute Gasteiger partial charge is 0.497 e. The van der Waals surface area contributed by atoms with Crippen molar-refractivity contribution in [2.24, 2.45) is 0 Å². The van der Waals surface area contributed by atoms with Crippen LogP contribution in [0.4, 0.5) is 0 Å². The van der Waals surface area contributed by atoms with Gasteiger partial charge in [-0.15, -0.1) is 0 Å². The Balaban J connectivity index is 1.31. The lowest BCUT2D eigenvalue weighted by Gasteiger charge is -2.32. The van der Waals surface area contributed by atoms with Gasteiger partial charge in [0.2, 0.25) is 0 Å². The number of nitrogens with zero attached hydrogens (tertiary/aromatic N) is 3. The summed E-state index contributed by atoms with van der Waals surface area (Å²) in [6.07, 6.45) is 3.41. The summed E-state index contributed by atoms with van der Waals surface area (Å²) in [4.78, 5) is 23.7. The number of amides is 1.